The van der Waals surface area contributed by atoms with E-state index in [1.54, 1.807) is 12.1 Å². The lowest BCUT2D eigenvalue weighted by Gasteiger charge is -2.08. The van der Waals surface area contributed by atoms with E-state index in [-0.39, 0.29) is 0 Å². The maximum atomic E-state index is 12.5. The molecule has 3 aromatic rings. The van der Waals surface area contributed by atoms with Gasteiger partial charge in [0.1, 0.15) is 0 Å². The second-order valence-electron chi connectivity index (χ2n) is 5.83. The number of nitrogens with one attached hydrogen (secondary N) is 1. The Hall–Kier alpha value is -2.17. The molecule has 3 rings (SSSR count). The summed E-state index contributed by atoms with van der Waals surface area (Å²) >= 11 is 0. The third-order valence-corrected chi connectivity index (χ3v) is 5.63. The molecule has 4 heteroatoms. The molecule has 0 fully saturated rings. The van der Waals surface area contributed by atoms with Crippen molar-refractivity contribution < 1.29 is 8.42 Å². The van der Waals surface area contributed by atoms with Gasteiger partial charge in [-0.25, -0.2) is 13.1 Å². The molecule has 1 N–H and O–H groups in total. The summed E-state index contributed by atoms with van der Waals surface area (Å²) in [4.78, 5) is 0.308. The van der Waals surface area contributed by atoms with Crippen molar-refractivity contribution in [3.63, 3.8) is 0 Å². The van der Waals surface area contributed by atoms with Gasteiger partial charge in [0.2, 0.25) is 10.0 Å². The Morgan fingerprint density at radius 3 is 2.21 bits per heavy atom. The molecule has 3 aromatic carbocycles. The van der Waals surface area contributed by atoms with E-state index < -0.39 is 10.0 Å². The third kappa shape index (κ3) is 3.83. The van der Waals surface area contributed by atoms with Gasteiger partial charge in [-0.1, -0.05) is 61.5 Å². The van der Waals surface area contributed by atoms with Crippen molar-refractivity contribution in [2.75, 3.05) is 6.54 Å². The summed E-state index contributed by atoms with van der Waals surface area (Å²) in [5.74, 6) is 0. The van der Waals surface area contributed by atoms with E-state index in [2.05, 4.69) is 35.9 Å². The molecule has 0 aliphatic carbocycles. The molecule has 0 saturated carbocycles. The van der Waals surface area contributed by atoms with Crippen LogP contribution in [0.3, 0.4) is 0 Å². The topological polar surface area (TPSA) is 46.2 Å². The van der Waals surface area contributed by atoms with Crippen LogP contribution in [0.2, 0.25) is 0 Å². The lowest BCUT2D eigenvalue weighted by Crippen LogP contribution is -2.26. The highest BCUT2D eigenvalue weighted by Crippen LogP contribution is 2.18. The van der Waals surface area contributed by atoms with Gasteiger partial charge in [0.25, 0.3) is 0 Å². The fourth-order valence-corrected chi connectivity index (χ4v) is 3.76. The molecule has 0 heterocycles. The van der Waals surface area contributed by atoms with Crippen LogP contribution in [0, 0.1) is 0 Å². The Labute approximate surface area is 143 Å². The van der Waals surface area contributed by atoms with Crippen molar-refractivity contribution in [2.24, 2.45) is 0 Å². The molecule has 0 unspecified atom stereocenters. The van der Waals surface area contributed by atoms with Crippen molar-refractivity contribution in [3.8, 4) is 0 Å². The number of rotatable bonds is 6. The first-order valence-electron chi connectivity index (χ1n) is 8.15. The molecule has 0 amide bonds. The molecule has 0 aromatic heterocycles. The molecule has 0 spiro atoms. The number of benzene rings is 3. The van der Waals surface area contributed by atoms with Crippen molar-refractivity contribution >= 4 is 20.8 Å². The Kier molecular flexibility index (Phi) is 4.97. The first-order valence-corrected chi connectivity index (χ1v) is 9.63. The average Bonchev–Trinajstić information content (AvgIpc) is 2.62. The standard InChI is InChI=1S/C20H21NO2S/c1-2-16-7-9-17(10-8-16)13-14-21-24(22,23)20-12-11-18-5-3-4-6-19(18)15-20/h3-12,15,21H,2,13-14H2,1H3. The molecule has 0 radical (unpaired) electrons. The molecular weight excluding hydrogens is 318 g/mol. The van der Waals surface area contributed by atoms with E-state index in [0.717, 1.165) is 22.8 Å². The van der Waals surface area contributed by atoms with Crippen LogP contribution < -0.4 is 4.72 Å². The zero-order valence-corrected chi connectivity index (χ0v) is 14.5. The Morgan fingerprint density at radius 2 is 1.50 bits per heavy atom. The Bertz CT molecular complexity index is 931. The molecule has 0 atom stereocenters. The van der Waals surface area contributed by atoms with Gasteiger partial charge in [0.05, 0.1) is 4.90 Å². The van der Waals surface area contributed by atoms with Crippen LogP contribution in [0.15, 0.2) is 71.6 Å². The van der Waals surface area contributed by atoms with Gasteiger partial charge in [-0.05, 0) is 46.9 Å². The van der Waals surface area contributed by atoms with Gasteiger partial charge in [0, 0.05) is 6.54 Å². The largest absolute Gasteiger partial charge is 0.240 e. The summed E-state index contributed by atoms with van der Waals surface area (Å²) in [6.07, 6.45) is 1.69. The number of hydrogen-bond donors (Lipinski definition) is 1. The van der Waals surface area contributed by atoms with Crippen molar-refractivity contribution in [1.29, 1.82) is 0 Å². The molecule has 0 aliphatic rings. The summed E-state index contributed by atoms with van der Waals surface area (Å²) in [5, 5.41) is 1.96. The lowest BCUT2D eigenvalue weighted by molar-refractivity contribution is 0.582. The molecule has 0 bridgehead atoms. The number of aryl methyl sites for hydroxylation is 1. The molecule has 3 nitrogen and oxygen atoms in total. The minimum Gasteiger partial charge on any atom is -0.211 e. The van der Waals surface area contributed by atoms with E-state index in [1.165, 1.54) is 5.56 Å². The zero-order chi connectivity index (χ0) is 17.0. The Balaban J connectivity index is 1.68. The Morgan fingerprint density at radius 1 is 0.833 bits per heavy atom. The fourth-order valence-electron chi connectivity index (χ4n) is 2.69. The quantitative estimate of drug-likeness (QED) is 0.740. The molecule has 124 valence electrons. The second-order valence-corrected chi connectivity index (χ2v) is 7.59. The van der Waals surface area contributed by atoms with Crippen LogP contribution in [0.4, 0.5) is 0 Å². The predicted octanol–water partition coefficient (Wildman–Crippen LogP) is 3.92. The zero-order valence-electron chi connectivity index (χ0n) is 13.7. The SMILES string of the molecule is CCc1ccc(CCNS(=O)(=O)c2ccc3ccccc3c2)cc1. The molecule has 0 aliphatic heterocycles. The summed E-state index contributed by atoms with van der Waals surface area (Å²) in [6, 6.07) is 21.3. The van der Waals surface area contributed by atoms with Crippen LogP contribution in [-0.4, -0.2) is 15.0 Å². The van der Waals surface area contributed by atoms with Crippen LogP contribution in [0.25, 0.3) is 10.8 Å². The van der Waals surface area contributed by atoms with Gasteiger partial charge in [0.15, 0.2) is 0 Å². The minimum absolute atomic E-state index is 0.308. The summed E-state index contributed by atoms with van der Waals surface area (Å²) in [6.45, 7) is 2.51. The normalized spacial score (nSPS) is 11.7. The highest BCUT2D eigenvalue weighted by atomic mass is 32.2. The third-order valence-electron chi connectivity index (χ3n) is 4.17. The van der Waals surface area contributed by atoms with Gasteiger partial charge >= 0.3 is 0 Å². The fraction of sp³-hybridized carbons (Fsp3) is 0.200. The van der Waals surface area contributed by atoms with Crippen LogP contribution in [-0.2, 0) is 22.9 Å². The predicted molar refractivity (Wildman–Crippen MR) is 98.7 cm³/mol. The minimum atomic E-state index is -3.48. The van der Waals surface area contributed by atoms with Crippen LogP contribution in [0.5, 0.6) is 0 Å². The first-order chi connectivity index (χ1) is 11.6. The number of hydrogen-bond acceptors (Lipinski definition) is 2. The first kappa shape index (κ1) is 16.7. The van der Waals surface area contributed by atoms with Crippen LogP contribution in [0.1, 0.15) is 18.1 Å². The smallest absolute Gasteiger partial charge is 0.211 e. The maximum Gasteiger partial charge on any atom is 0.240 e. The lowest BCUT2D eigenvalue weighted by atomic mass is 10.1. The summed E-state index contributed by atoms with van der Waals surface area (Å²) in [5.41, 5.74) is 2.42. The highest BCUT2D eigenvalue weighted by Gasteiger charge is 2.13. The van der Waals surface area contributed by atoms with Crippen molar-refractivity contribution in [2.45, 2.75) is 24.7 Å². The van der Waals surface area contributed by atoms with Crippen molar-refractivity contribution in [3.05, 3.63) is 77.9 Å². The van der Waals surface area contributed by atoms with Gasteiger partial charge < -0.3 is 0 Å². The summed E-state index contributed by atoms with van der Waals surface area (Å²) < 4.78 is 27.6. The number of fused-ring (bicyclic) bond motifs is 1. The van der Waals surface area contributed by atoms with E-state index in [1.807, 2.05) is 30.3 Å². The summed E-state index contributed by atoms with van der Waals surface area (Å²) in [7, 11) is -3.48. The van der Waals surface area contributed by atoms with E-state index >= 15 is 0 Å². The van der Waals surface area contributed by atoms with Gasteiger partial charge in [-0.15, -0.1) is 0 Å². The van der Waals surface area contributed by atoms with E-state index in [9.17, 15) is 8.42 Å². The second kappa shape index (κ2) is 7.16. The van der Waals surface area contributed by atoms with E-state index in [0.29, 0.717) is 17.9 Å². The monoisotopic (exact) mass is 339 g/mol. The van der Waals surface area contributed by atoms with Gasteiger partial charge in [-0.3, -0.25) is 0 Å². The highest BCUT2D eigenvalue weighted by molar-refractivity contribution is 7.89. The van der Waals surface area contributed by atoms with Crippen LogP contribution >= 0.6 is 0 Å². The molecule has 0 saturated heterocycles. The number of sulfonamides is 1. The van der Waals surface area contributed by atoms with E-state index in [4.69, 9.17) is 0 Å². The molecular formula is C20H21NO2S. The van der Waals surface area contributed by atoms with Gasteiger partial charge in [-0.2, -0.15) is 0 Å². The average molecular weight is 339 g/mol. The van der Waals surface area contributed by atoms with Crippen molar-refractivity contribution in [1.82, 2.24) is 4.72 Å². The maximum absolute atomic E-state index is 12.5. The molecule has 24 heavy (non-hydrogen) atoms.